The molecule has 2 aromatic rings. The number of benzene rings is 2. The zero-order valence-corrected chi connectivity index (χ0v) is 17.6. The Hall–Kier alpha value is -1.77. The van der Waals surface area contributed by atoms with E-state index in [9.17, 15) is 21.2 Å². The van der Waals surface area contributed by atoms with Gasteiger partial charge in [-0.15, -0.1) is 0 Å². The Morgan fingerprint density at radius 2 is 1.24 bits per heavy atom. The van der Waals surface area contributed by atoms with Gasteiger partial charge in [0.25, 0.3) is 0 Å². The number of halogens is 1. The first-order valence-electron chi connectivity index (χ1n) is 9.87. The van der Waals surface area contributed by atoms with Gasteiger partial charge in [0.1, 0.15) is 5.82 Å². The minimum absolute atomic E-state index is 0.0287. The molecule has 29 heavy (non-hydrogen) atoms. The predicted molar refractivity (Wildman–Crippen MR) is 110 cm³/mol. The van der Waals surface area contributed by atoms with E-state index in [0.29, 0.717) is 12.8 Å². The summed E-state index contributed by atoms with van der Waals surface area (Å²) in [6.45, 7) is 0.0573. The van der Waals surface area contributed by atoms with Crippen molar-refractivity contribution in [3.63, 3.8) is 0 Å². The second-order valence-corrected chi connectivity index (χ2v) is 12.3. The summed E-state index contributed by atoms with van der Waals surface area (Å²) in [5.41, 5.74) is 1.57. The Bertz CT molecular complexity index is 1070. The molecule has 5 nitrogen and oxygen atoms in total. The molecular weight excluding hydrogens is 413 g/mol. The fourth-order valence-corrected chi connectivity index (χ4v) is 8.11. The average molecular weight is 438 g/mol. The van der Waals surface area contributed by atoms with Gasteiger partial charge in [-0.1, -0.05) is 43.5 Å². The summed E-state index contributed by atoms with van der Waals surface area (Å²) >= 11 is 0. The highest BCUT2D eigenvalue weighted by atomic mass is 32.2. The molecule has 0 spiro atoms. The lowest BCUT2D eigenvalue weighted by molar-refractivity contribution is 0.306. The van der Waals surface area contributed by atoms with Crippen molar-refractivity contribution in [1.82, 2.24) is 4.31 Å². The molecule has 2 aliphatic rings. The Morgan fingerprint density at radius 3 is 1.79 bits per heavy atom. The summed E-state index contributed by atoms with van der Waals surface area (Å²) in [6.07, 6.45) is 4.32. The van der Waals surface area contributed by atoms with Gasteiger partial charge in [-0.3, -0.25) is 0 Å². The maximum absolute atomic E-state index is 13.1. The van der Waals surface area contributed by atoms with Crippen LogP contribution in [0.25, 0.3) is 11.1 Å². The molecule has 0 amide bonds. The van der Waals surface area contributed by atoms with Crippen LogP contribution in [0.2, 0.25) is 0 Å². The van der Waals surface area contributed by atoms with E-state index in [-0.39, 0.29) is 29.1 Å². The van der Waals surface area contributed by atoms with Crippen molar-refractivity contribution in [1.29, 1.82) is 0 Å². The Kier molecular flexibility index (Phi) is 5.52. The van der Waals surface area contributed by atoms with E-state index in [4.69, 9.17) is 0 Å². The summed E-state index contributed by atoms with van der Waals surface area (Å²) in [6, 6.07) is 12.4. The Labute approximate surface area is 171 Å². The molecule has 4 rings (SSSR count). The first-order valence-corrected chi connectivity index (χ1v) is 12.9. The standard InChI is InChI=1S/C21H24FNO4S2/c22-18-10-6-16(7-11-18)17-8-12-20(13-9-17)29(26,27)23-14-21(15-23)28(24,25)19-4-2-1-3-5-19/h6-13,19,21H,1-5,14-15H2. The SMILES string of the molecule is O=S(=O)(C1CCCCC1)C1CN(S(=O)(=O)c2ccc(-c3ccc(F)cc3)cc2)C1. The third kappa shape index (κ3) is 3.98. The fourth-order valence-electron chi connectivity index (χ4n) is 4.08. The quantitative estimate of drug-likeness (QED) is 0.716. The minimum atomic E-state index is -3.72. The topological polar surface area (TPSA) is 71.5 Å². The van der Waals surface area contributed by atoms with E-state index in [2.05, 4.69) is 0 Å². The van der Waals surface area contributed by atoms with Gasteiger partial charge in [-0.25, -0.2) is 21.2 Å². The first kappa shape index (κ1) is 20.5. The van der Waals surface area contributed by atoms with Gasteiger partial charge in [0.15, 0.2) is 9.84 Å². The van der Waals surface area contributed by atoms with E-state index < -0.39 is 25.1 Å². The molecule has 0 N–H and O–H groups in total. The van der Waals surface area contributed by atoms with Crippen molar-refractivity contribution >= 4 is 19.9 Å². The largest absolute Gasteiger partial charge is 0.243 e. The maximum atomic E-state index is 13.1. The minimum Gasteiger partial charge on any atom is -0.228 e. The third-order valence-corrected chi connectivity index (χ3v) is 10.4. The van der Waals surface area contributed by atoms with Crippen LogP contribution in [0.3, 0.4) is 0 Å². The molecule has 0 unspecified atom stereocenters. The highest BCUT2D eigenvalue weighted by Gasteiger charge is 2.46. The molecule has 0 radical (unpaired) electrons. The van der Waals surface area contributed by atoms with Crippen LogP contribution >= 0.6 is 0 Å². The van der Waals surface area contributed by atoms with Crippen molar-refractivity contribution in [3.8, 4) is 11.1 Å². The molecule has 1 saturated heterocycles. The van der Waals surface area contributed by atoms with Crippen LogP contribution in [0, 0.1) is 5.82 Å². The fraction of sp³-hybridized carbons (Fsp3) is 0.429. The molecule has 0 atom stereocenters. The molecule has 0 bridgehead atoms. The molecule has 1 aliphatic heterocycles. The zero-order chi connectivity index (χ0) is 20.6. The van der Waals surface area contributed by atoms with E-state index in [1.165, 1.54) is 28.6 Å². The molecule has 1 saturated carbocycles. The number of hydrogen-bond acceptors (Lipinski definition) is 4. The molecule has 1 aliphatic carbocycles. The Morgan fingerprint density at radius 1 is 0.724 bits per heavy atom. The van der Waals surface area contributed by atoms with Gasteiger partial charge in [0.05, 0.1) is 15.4 Å². The third-order valence-electron chi connectivity index (χ3n) is 5.97. The van der Waals surface area contributed by atoms with E-state index in [1.54, 1.807) is 24.3 Å². The second-order valence-electron chi connectivity index (χ2n) is 7.82. The average Bonchev–Trinajstić information content (AvgIpc) is 2.68. The van der Waals surface area contributed by atoms with Crippen LogP contribution in [-0.2, 0) is 19.9 Å². The number of nitrogens with zero attached hydrogens (tertiary/aromatic N) is 1. The van der Waals surface area contributed by atoms with Crippen LogP contribution in [-0.4, -0.2) is 44.7 Å². The number of hydrogen-bond donors (Lipinski definition) is 0. The predicted octanol–water partition coefficient (Wildman–Crippen LogP) is 3.61. The second kappa shape index (κ2) is 7.81. The van der Waals surface area contributed by atoms with Gasteiger partial charge in [0.2, 0.25) is 10.0 Å². The first-order chi connectivity index (χ1) is 13.8. The van der Waals surface area contributed by atoms with Crippen molar-refractivity contribution in [3.05, 3.63) is 54.3 Å². The smallest absolute Gasteiger partial charge is 0.228 e. The molecular formula is C21H24FNO4S2. The van der Waals surface area contributed by atoms with Crippen LogP contribution in [0.1, 0.15) is 32.1 Å². The van der Waals surface area contributed by atoms with Crippen molar-refractivity contribution in [2.45, 2.75) is 47.5 Å². The van der Waals surface area contributed by atoms with Crippen LogP contribution in [0.15, 0.2) is 53.4 Å². The van der Waals surface area contributed by atoms with Gasteiger partial charge in [-0.2, -0.15) is 4.31 Å². The van der Waals surface area contributed by atoms with Crippen LogP contribution in [0.5, 0.6) is 0 Å². The molecule has 2 fully saturated rings. The van der Waals surface area contributed by atoms with Crippen molar-refractivity contribution in [2.75, 3.05) is 13.1 Å². The number of sulfonamides is 1. The lowest BCUT2D eigenvalue weighted by Crippen LogP contribution is -2.58. The molecule has 156 valence electrons. The monoisotopic (exact) mass is 437 g/mol. The molecule has 1 heterocycles. The lowest BCUT2D eigenvalue weighted by Gasteiger charge is -2.39. The molecule has 0 aromatic heterocycles. The van der Waals surface area contributed by atoms with Gasteiger partial charge in [-0.05, 0) is 48.2 Å². The van der Waals surface area contributed by atoms with Gasteiger partial charge in [0, 0.05) is 13.1 Å². The summed E-state index contributed by atoms with van der Waals surface area (Å²) < 4.78 is 65.5. The highest BCUT2D eigenvalue weighted by molar-refractivity contribution is 7.93. The lowest BCUT2D eigenvalue weighted by atomic mass is 10.0. The van der Waals surface area contributed by atoms with Gasteiger partial charge < -0.3 is 0 Å². The summed E-state index contributed by atoms with van der Waals surface area (Å²) in [5.74, 6) is -0.330. The highest BCUT2D eigenvalue weighted by Crippen LogP contribution is 2.32. The van der Waals surface area contributed by atoms with Crippen molar-refractivity contribution < 1.29 is 21.2 Å². The summed E-state index contributed by atoms with van der Waals surface area (Å²) in [5, 5.41) is -0.917. The van der Waals surface area contributed by atoms with Crippen molar-refractivity contribution in [2.24, 2.45) is 0 Å². The van der Waals surface area contributed by atoms with Crippen LogP contribution in [0.4, 0.5) is 4.39 Å². The van der Waals surface area contributed by atoms with E-state index in [1.807, 2.05) is 0 Å². The Balaban J connectivity index is 1.45. The summed E-state index contributed by atoms with van der Waals surface area (Å²) in [4.78, 5) is 0.136. The molecule has 2 aromatic carbocycles. The van der Waals surface area contributed by atoms with E-state index in [0.717, 1.165) is 30.4 Å². The normalized spacial score (nSPS) is 19.8. The van der Waals surface area contributed by atoms with E-state index >= 15 is 0 Å². The van der Waals surface area contributed by atoms with Crippen LogP contribution < -0.4 is 0 Å². The van der Waals surface area contributed by atoms with Gasteiger partial charge >= 0.3 is 0 Å². The zero-order valence-electron chi connectivity index (χ0n) is 16.0. The summed E-state index contributed by atoms with van der Waals surface area (Å²) in [7, 11) is -7.01. The number of rotatable bonds is 5. The maximum Gasteiger partial charge on any atom is 0.243 e. The molecule has 8 heteroatoms. The number of sulfone groups is 1.